The highest BCUT2D eigenvalue weighted by molar-refractivity contribution is 7.85. The summed E-state index contributed by atoms with van der Waals surface area (Å²) in [4.78, 5) is 0.961. The zero-order valence-corrected chi connectivity index (χ0v) is 10.4. The Bertz CT molecular complexity index is 336. The van der Waals surface area contributed by atoms with Crippen molar-refractivity contribution in [3.8, 4) is 0 Å². The minimum atomic E-state index is -0.874. The molecule has 2 nitrogen and oxygen atoms in total. The van der Waals surface area contributed by atoms with E-state index in [1.165, 1.54) is 0 Å². The van der Waals surface area contributed by atoms with Crippen LogP contribution in [0.15, 0.2) is 29.2 Å². The van der Waals surface area contributed by atoms with Crippen LogP contribution in [-0.4, -0.2) is 22.5 Å². The van der Waals surface area contributed by atoms with E-state index in [0.717, 1.165) is 17.0 Å². The first-order chi connectivity index (χ1) is 7.11. The van der Waals surface area contributed by atoms with Crippen LogP contribution in [0.2, 0.25) is 0 Å². The Morgan fingerprint density at radius 1 is 1.33 bits per heavy atom. The standard InChI is InChI=1S/C12H19NOS/c1-10(2)13-8-9-15(14)12-7-5-4-6-11(12)3/h4-7,10,13H,8-9H2,1-3H3. The average Bonchev–Trinajstić information content (AvgIpc) is 2.17. The van der Waals surface area contributed by atoms with E-state index in [-0.39, 0.29) is 0 Å². The number of hydrogen-bond donors (Lipinski definition) is 1. The summed E-state index contributed by atoms with van der Waals surface area (Å²) >= 11 is 0. The zero-order chi connectivity index (χ0) is 11.3. The lowest BCUT2D eigenvalue weighted by Gasteiger charge is -2.08. The SMILES string of the molecule is Cc1ccccc1S(=O)CCNC(C)C. The predicted octanol–water partition coefficient (Wildman–Crippen LogP) is 2.10. The molecule has 0 aliphatic heterocycles. The number of benzene rings is 1. The first-order valence-corrected chi connectivity index (χ1v) is 6.60. The summed E-state index contributed by atoms with van der Waals surface area (Å²) in [6.45, 7) is 7.00. The van der Waals surface area contributed by atoms with Crippen molar-refractivity contribution in [3.63, 3.8) is 0 Å². The number of nitrogens with one attached hydrogen (secondary N) is 1. The van der Waals surface area contributed by atoms with E-state index in [1.807, 2.05) is 31.2 Å². The molecule has 1 N–H and O–H groups in total. The molecule has 84 valence electrons. The van der Waals surface area contributed by atoms with Crippen LogP contribution in [-0.2, 0) is 10.8 Å². The summed E-state index contributed by atoms with van der Waals surface area (Å²) in [6, 6.07) is 8.32. The molecule has 1 atom stereocenters. The van der Waals surface area contributed by atoms with Gasteiger partial charge in [-0.1, -0.05) is 32.0 Å². The molecule has 0 bridgehead atoms. The van der Waals surface area contributed by atoms with E-state index in [0.29, 0.717) is 11.8 Å². The number of aryl methyl sites for hydroxylation is 1. The molecule has 0 aliphatic rings. The van der Waals surface area contributed by atoms with E-state index in [4.69, 9.17) is 0 Å². The van der Waals surface area contributed by atoms with E-state index in [9.17, 15) is 4.21 Å². The molecule has 1 unspecified atom stereocenters. The molecule has 1 aromatic rings. The average molecular weight is 225 g/mol. The Morgan fingerprint density at radius 3 is 2.60 bits per heavy atom. The second-order valence-corrected chi connectivity index (χ2v) is 5.46. The van der Waals surface area contributed by atoms with Gasteiger partial charge in [0.15, 0.2) is 0 Å². The quantitative estimate of drug-likeness (QED) is 0.831. The fourth-order valence-electron chi connectivity index (χ4n) is 1.36. The molecule has 0 heterocycles. The molecule has 1 aromatic carbocycles. The summed E-state index contributed by atoms with van der Waals surface area (Å²) in [5.41, 5.74) is 1.11. The van der Waals surface area contributed by atoms with Crippen molar-refractivity contribution >= 4 is 10.8 Å². The van der Waals surface area contributed by atoms with Crippen molar-refractivity contribution < 1.29 is 4.21 Å². The second kappa shape index (κ2) is 6.03. The van der Waals surface area contributed by atoms with Crippen molar-refractivity contribution in [2.24, 2.45) is 0 Å². The Labute approximate surface area is 94.5 Å². The molecule has 0 saturated carbocycles. The highest BCUT2D eigenvalue weighted by atomic mass is 32.2. The van der Waals surface area contributed by atoms with Crippen LogP contribution < -0.4 is 5.32 Å². The fraction of sp³-hybridized carbons (Fsp3) is 0.500. The molecule has 0 saturated heterocycles. The smallest absolute Gasteiger partial charge is 0.0545 e. The fourth-order valence-corrected chi connectivity index (χ4v) is 2.54. The molecular formula is C12H19NOS. The monoisotopic (exact) mass is 225 g/mol. The van der Waals surface area contributed by atoms with Gasteiger partial charge < -0.3 is 5.32 Å². The van der Waals surface area contributed by atoms with Gasteiger partial charge in [-0.15, -0.1) is 0 Å². The molecular weight excluding hydrogens is 206 g/mol. The van der Waals surface area contributed by atoms with Crippen LogP contribution in [0.25, 0.3) is 0 Å². The van der Waals surface area contributed by atoms with E-state index in [1.54, 1.807) is 0 Å². The van der Waals surface area contributed by atoms with Gasteiger partial charge in [0, 0.05) is 23.2 Å². The molecule has 0 aromatic heterocycles. The minimum absolute atomic E-state index is 0.457. The first-order valence-electron chi connectivity index (χ1n) is 5.28. The molecule has 0 aliphatic carbocycles. The molecule has 0 radical (unpaired) electrons. The summed E-state index contributed by atoms with van der Waals surface area (Å²) in [7, 11) is -0.874. The Balaban J connectivity index is 2.51. The van der Waals surface area contributed by atoms with Crippen molar-refractivity contribution in [2.75, 3.05) is 12.3 Å². The third-order valence-electron chi connectivity index (χ3n) is 2.18. The summed E-state index contributed by atoms with van der Waals surface area (Å²) in [5.74, 6) is 0.684. The third-order valence-corrected chi connectivity index (χ3v) is 3.70. The van der Waals surface area contributed by atoms with Gasteiger partial charge in [-0.25, -0.2) is 0 Å². The van der Waals surface area contributed by atoms with Crippen LogP contribution in [0.1, 0.15) is 19.4 Å². The van der Waals surface area contributed by atoms with Crippen LogP contribution in [0, 0.1) is 6.92 Å². The summed E-state index contributed by atoms with van der Waals surface area (Å²) in [5, 5.41) is 3.27. The highest BCUT2D eigenvalue weighted by Gasteiger charge is 2.05. The zero-order valence-electron chi connectivity index (χ0n) is 9.62. The van der Waals surface area contributed by atoms with Crippen LogP contribution in [0.4, 0.5) is 0 Å². The van der Waals surface area contributed by atoms with Crippen molar-refractivity contribution in [1.29, 1.82) is 0 Å². The molecule has 0 spiro atoms. The van der Waals surface area contributed by atoms with Gasteiger partial charge in [0.25, 0.3) is 0 Å². The van der Waals surface area contributed by atoms with Crippen molar-refractivity contribution in [2.45, 2.75) is 31.7 Å². The second-order valence-electron chi connectivity index (χ2n) is 3.92. The minimum Gasteiger partial charge on any atom is -0.314 e. The predicted molar refractivity (Wildman–Crippen MR) is 65.6 cm³/mol. The largest absolute Gasteiger partial charge is 0.314 e. The van der Waals surface area contributed by atoms with Crippen molar-refractivity contribution in [3.05, 3.63) is 29.8 Å². The lowest BCUT2D eigenvalue weighted by molar-refractivity contribution is 0.610. The Kier molecular flexibility index (Phi) is 4.99. The Morgan fingerprint density at radius 2 is 2.00 bits per heavy atom. The lowest BCUT2D eigenvalue weighted by atomic mass is 10.2. The first kappa shape index (κ1) is 12.4. The lowest BCUT2D eigenvalue weighted by Crippen LogP contribution is -2.27. The normalized spacial score (nSPS) is 13.1. The molecule has 0 fully saturated rings. The van der Waals surface area contributed by atoms with Gasteiger partial charge in [-0.3, -0.25) is 4.21 Å². The number of hydrogen-bond acceptors (Lipinski definition) is 2. The van der Waals surface area contributed by atoms with E-state index >= 15 is 0 Å². The number of rotatable bonds is 5. The van der Waals surface area contributed by atoms with Gasteiger partial charge in [0.05, 0.1) is 10.8 Å². The Hall–Kier alpha value is -0.670. The van der Waals surface area contributed by atoms with Gasteiger partial charge in [0.2, 0.25) is 0 Å². The molecule has 15 heavy (non-hydrogen) atoms. The molecule has 0 amide bonds. The summed E-state index contributed by atoms with van der Waals surface area (Å²) < 4.78 is 11.9. The summed E-state index contributed by atoms with van der Waals surface area (Å²) in [6.07, 6.45) is 0. The van der Waals surface area contributed by atoms with Gasteiger partial charge in [-0.05, 0) is 18.6 Å². The van der Waals surface area contributed by atoms with Crippen LogP contribution in [0.3, 0.4) is 0 Å². The maximum Gasteiger partial charge on any atom is 0.0545 e. The van der Waals surface area contributed by atoms with Gasteiger partial charge in [-0.2, -0.15) is 0 Å². The maximum atomic E-state index is 11.9. The molecule has 1 rings (SSSR count). The van der Waals surface area contributed by atoms with Crippen LogP contribution in [0.5, 0.6) is 0 Å². The van der Waals surface area contributed by atoms with E-state index < -0.39 is 10.8 Å². The van der Waals surface area contributed by atoms with E-state index in [2.05, 4.69) is 19.2 Å². The maximum absolute atomic E-state index is 11.9. The van der Waals surface area contributed by atoms with Crippen molar-refractivity contribution in [1.82, 2.24) is 5.32 Å². The van der Waals surface area contributed by atoms with Gasteiger partial charge in [0.1, 0.15) is 0 Å². The highest BCUT2D eigenvalue weighted by Crippen LogP contribution is 2.11. The van der Waals surface area contributed by atoms with Crippen LogP contribution >= 0.6 is 0 Å². The third kappa shape index (κ3) is 4.14. The van der Waals surface area contributed by atoms with Gasteiger partial charge >= 0.3 is 0 Å². The molecule has 3 heteroatoms. The topological polar surface area (TPSA) is 29.1 Å².